The van der Waals surface area contributed by atoms with Crippen molar-refractivity contribution in [2.45, 2.75) is 51.7 Å². The van der Waals surface area contributed by atoms with Crippen LogP contribution >= 0.6 is 0 Å². The van der Waals surface area contributed by atoms with E-state index in [1.807, 2.05) is 45.4 Å². The number of nitrogens with zero attached hydrogens (tertiary/aromatic N) is 3. The number of allylic oxidation sites excluding steroid dienone is 1. The van der Waals surface area contributed by atoms with Crippen LogP contribution in [0.5, 0.6) is 5.75 Å². The van der Waals surface area contributed by atoms with Crippen LogP contribution in [-0.4, -0.2) is 80.1 Å². The molecule has 0 aromatic heterocycles. The zero-order valence-corrected chi connectivity index (χ0v) is 19.0. The van der Waals surface area contributed by atoms with Crippen LogP contribution in [0, 0.1) is 0 Å². The van der Waals surface area contributed by atoms with Gasteiger partial charge in [-0.15, -0.1) is 6.58 Å². The predicted molar refractivity (Wildman–Crippen MR) is 121 cm³/mol. The van der Waals surface area contributed by atoms with Gasteiger partial charge in [0, 0.05) is 44.8 Å². The molecule has 0 saturated carbocycles. The molecule has 1 atom stereocenters. The summed E-state index contributed by atoms with van der Waals surface area (Å²) < 4.78 is 6.23. The summed E-state index contributed by atoms with van der Waals surface area (Å²) in [5.74, 6) is 0.837. The highest BCUT2D eigenvalue weighted by molar-refractivity contribution is 5.94. The van der Waals surface area contributed by atoms with Crippen LogP contribution in [-0.2, 0) is 0 Å². The summed E-state index contributed by atoms with van der Waals surface area (Å²) in [6.45, 7) is 12.1. The Hall–Kier alpha value is -1.85. The second-order valence-corrected chi connectivity index (χ2v) is 8.76. The van der Waals surface area contributed by atoms with E-state index in [1.54, 1.807) is 4.90 Å². The van der Waals surface area contributed by atoms with Gasteiger partial charge in [-0.2, -0.15) is 0 Å². The highest BCUT2D eigenvalue weighted by Gasteiger charge is 2.24. The molecule has 1 heterocycles. The Bertz CT molecular complexity index is 666. The van der Waals surface area contributed by atoms with Crippen molar-refractivity contribution in [3.05, 3.63) is 42.0 Å². The number of ether oxygens (including phenoxy) is 1. The van der Waals surface area contributed by atoms with Crippen molar-refractivity contribution >= 4 is 5.91 Å². The zero-order chi connectivity index (χ0) is 21.4. The van der Waals surface area contributed by atoms with E-state index < -0.39 is 0 Å². The van der Waals surface area contributed by atoms with Gasteiger partial charge in [-0.05, 0) is 71.8 Å². The van der Waals surface area contributed by atoms with Crippen LogP contribution in [0.4, 0.5) is 0 Å². The van der Waals surface area contributed by atoms with E-state index in [1.165, 1.54) is 12.0 Å². The molecule has 162 valence electrons. The standard InChI is InChI=1S/C24H39N3O2/c1-19(2)10-11-20(3)27-14-12-22(13-15-27)29-23-9-7-8-21(18-23)24(28)26(6)17-16-25(4)5/h7-9,18,20,22H,1,10-17H2,2-6H3/t20-/m1/s1. The van der Waals surface area contributed by atoms with E-state index >= 15 is 0 Å². The fourth-order valence-electron chi connectivity index (χ4n) is 3.64. The van der Waals surface area contributed by atoms with Crippen molar-refractivity contribution < 1.29 is 9.53 Å². The zero-order valence-electron chi connectivity index (χ0n) is 19.0. The first-order valence-corrected chi connectivity index (χ1v) is 10.8. The quantitative estimate of drug-likeness (QED) is 0.557. The third-order valence-electron chi connectivity index (χ3n) is 5.70. The minimum Gasteiger partial charge on any atom is -0.490 e. The highest BCUT2D eigenvalue weighted by atomic mass is 16.5. The molecule has 2 rings (SSSR count). The SMILES string of the molecule is C=C(C)CC[C@@H](C)N1CCC(Oc2cccc(C(=O)N(C)CCN(C)C)c2)CC1. The lowest BCUT2D eigenvalue weighted by atomic mass is 10.0. The van der Waals surface area contributed by atoms with Crippen LogP contribution in [0.15, 0.2) is 36.4 Å². The van der Waals surface area contributed by atoms with Gasteiger partial charge < -0.3 is 19.4 Å². The topological polar surface area (TPSA) is 36.0 Å². The molecular formula is C24H39N3O2. The second kappa shape index (κ2) is 11.4. The number of likely N-dealkylation sites (tertiary alicyclic amines) is 1. The van der Waals surface area contributed by atoms with Crippen molar-refractivity contribution in [3.63, 3.8) is 0 Å². The van der Waals surface area contributed by atoms with E-state index in [9.17, 15) is 4.79 Å². The Morgan fingerprint density at radius 2 is 1.93 bits per heavy atom. The van der Waals surface area contributed by atoms with Crippen molar-refractivity contribution in [3.8, 4) is 5.75 Å². The van der Waals surface area contributed by atoms with Gasteiger partial charge in [-0.3, -0.25) is 4.79 Å². The molecule has 0 spiro atoms. The molecule has 5 nitrogen and oxygen atoms in total. The van der Waals surface area contributed by atoms with E-state index in [2.05, 4.69) is 30.2 Å². The van der Waals surface area contributed by atoms with E-state index in [0.29, 0.717) is 18.2 Å². The molecule has 1 aromatic rings. The Kier molecular flexibility index (Phi) is 9.18. The summed E-state index contributed by atoms with van der Waals surface area (Å²) in [7, 11) is 5.88. The molecule has 1 aromatic carbocycles. The van der Waals surface area contributed by atoms with Gasteiger partial charge in [-0.25, -0.2) is 0 Å². The number of rotatable bonds is 10. The van der Waals surface area contributed by atoms with Gasteiger partial charge >= 0.3 is 0 Å². The number of carbonyl (C=O) groups is 1. The van der Waals surface area contributed by atoms with E-state index in [-0.39, 0.29) is 12.0 Å². The Morgan fingerprint density at radius 3 is 2.55 bits per heavy atom. The first-order chi connectivity index (χ1) is 13.8. The predicted octanol–water partition coefficient (Wildman–Crippen LogP) is 3.91. The molecule has 1 fully saturated rings. The summed E-state index contributed by atoms with van der Waals surface area (Å²) >= 11 is 0. The molecule has 1 amide bonds. The number of piperidine rings is 1. The second-order valence-electron chi connectivity index (χ2n) is 8.76. The smallest absolute Gasteiger partial charge is 0.253 e. The van der Waals surface area contributed by atoms with Crippen molar-refractivity contribution in [1.82, 2.24) is 14.7 Å². The van der Waals surface area contributed by atoms with Crippen molar-refractivity contribution in [2.24, 2.45) is 0 Å². The van der Waals surface area contributed by atoms with Crippen LogP contribution in [0.25, 0.3) is 0 Å². The molecular weight excluding hydrogens is 362 g/mol. The lowest BCUT2D eigenvalue weighted by molar-refractivity contribution is 0.0758. The number of likely N-dealkylation sites (N-methyl/N-ethyl adjacent to an activating group) is 2. The van der Waals surface area contributed by atoms with Gasteiger partial charge in [0.1, 0.15) is 11.9 Å². The third-order valence-corrected chi connectivity index (χ3v) is 5.70. The number of amides is 1. The molecule has 5 heteroatoms. The summed E-state index contributed by atoms with van der Waals surface area (Å²) in [5, 5.41) is 0. The first-order valence-electron chi connectivity index (χ1n) is 10.8. The lowest BCUT2D eigenvalue weighted by Crippen LogP contribution is -2.43. The van der Waals surface area contributed by atoms with Gasteiger partial charge in [0.2, 0.25) is 0 Å². The average Bonchev–Trinajstić information content (AvgIpc) is 2.70. The summed E-state index contributed by atoms with van der Waals surface area (Å²) in [6.07, 6.45) is 4.54. The number of carbonyl (C=O) groups excluding carboxylic acids is 1. The number of hydrogen-bond donors (Lipinski definition) is 0. The monoisotopic (exact) mass is 401 g/mol. The highest BCUT2D eigenvalue weighted by Crippen LogP contribution is 2.23. The van der Waals surface area contributed by atoms with Crippen molar-refractivity contribution in [2.75, 3.05) is 47.3 Å². The molecule has 0 radical (unpaired) electrons. The fraction of sp³-hybridized carbons (Fsp3) is 0.625. The van der Waals surface area contributed by atoms with Gasteiger partial charge in [0.15, 0.2) is 0 Å². The summed E-state index contributed by atoms with van der Waals surface area (Å²) in [5.41, 5.74) is 1.95. The van der Waals surface area contributed by atoms with Crippen LogP contribution in [0.1, 0.15) is 49.9 Å². The molecule has 0 N–H and O–H groups in total. The maximum absolute atomic E-state index is 12.7. The van der Waals surface area contributed by atoms with Crippen LogP contribution < -0.4 is 4.74 Å². The minimum absolute atomic E-state index is 0.0402. The maximum atomic E-state index is 12.7. The van der Waals surface area contributed by atoms with E-state index in [0.717, 1.165) is 44.6 Å². The fourth-order valence-corrected chi connectivity index (χ4v) is 3.64. The normalized spacial score (nSPS) is 16.6. The Morgan fingerprint density at radius 1 is 1.24 bits per heavy atom. The lowest BCUT2D eigenvalue weighted by Gasteiger charge is -2.36. The summed E-state index contributed by atoms with van der Waals surface area (Å²) in [6, 6.07) is 8.21. The molecule has 1 aliphatic heterocycles. The average molecular weight is 402 g/mol. The first kappa shape index (κ1) is 23.4. The van der Waals surface area contributed by atoms with Gasteiger partial charge in [-0.1, -0.05) is 11.6 Å². The summed E-state index contributed by atoms with van der Waals surface area (Å²) in [4.78, 5) is 19.1. The third kappa shape index (κ3) is 7.82. The van der Waals surface area contributed by atoms with Crippen LogP contribution in [0.2, 0.25) is 0 Å². The molecule has 0 unspecified atom stereocenters. The molecule has 0 bridgehead atoms. The minimum atomic E-state index is 0.0402. The maximum Gasteiger partial charge on any atom is 0.253 e. The van der Waals surface area contributed by atoms with Gasteiger partial charge in [0.05, 0.1) is 0 Å². The van der Waals surface area contributed by atoms with Crippen molar-refractivity contribution in [1.29, 1.82) is 0 Å². The largest absolute Gasteiger partial charge is 0.490 e. The number of hydrogen-bond acceptors (Lipinski definition) is 4. The van der Waals surface area contributed by atoms with Crippen LogP contribution in [0.3, 0.4) is 0 Å². The van der Waals surface area contributed by atoms with Gasteiger partial charge in [0.25, 0.3) is 5.91 Å². The number of benzene rings is 1. The molecule has 29 heavy (non-hydrogen) atoms. The van der Waals surface area contributed by atoms with E-state index in [4.69, 9.17) is 4.74 Å². The Labute approximate surface area is 177 Å². The Balaban J connectivity index is 1.85. The molecule has 1 aliphatic rings. The molecule has 1 saturated heterocycles. The molecule has 0 aliphatic carbocycles.